The summed E-state index contributed by atoms with van der Waals surface area (Å²) in [7, 11) is 0. The second-order valence-electron chi connectivity index (χ2n) is 6.78. The third-order valence-corrected chi connectivity index (χ3v) is 5.37. The van der Waals surface area contributed by atoms with Crippen molar-refractivity contribution in [3.8, 4) is 5.69 Å². The molecule has 146 valence electrons. The molecule has 0 radical (unpaired) electrons. The van der Waals surface area contributed by atoms with Gasteiger partial charge in [0.2, 0.25) is 0 Å². The Balaban J connectivity index is 1.77. The molecule has 7 heteroatoms. The Morgan fingerprint density at radius 1 is 0.867 bits per heavy atom. The van der Waals surface area contributed by atoms with Crippen LogP contribution in [-0.4, -0.2) is 20.4 Å². The van der Waals surface area contributed by atoms with Crippen molar-refractivity contribution < 1.29 is 4.79 Å². The maximum atomic E-state index is 13.2. The molecular formula is C23H16BrN5O. The predicted molar refractivity (Wildman–Crippen MR) is 123 cm³/mol. The minimum atomic E-state index is -0.329. The highest BCUT2D eigenvalue weighted by molar-refractivity contribution is 9.10. The van der Waals surface area contributed by atoms with Gasteiger partial charge < -0.3 is 11.1 Å². The predicted octanol–water partition coefficient (Wildman–Crippen LogP) is 5.17. The van der Waals surface area contributed by atoms with Gasteiger partial charge in [-0.05, 0) is 48.5 Å². The average Bonchev–Trinajstić information content (AvgIpc) is 3.04. The maximum Gasteiger partial charge on any atom is 0.261 e. The van der Waals surface area contributed by atoms with Crippen LogP contribution in [0.25, 0.3) is 27.9 Å². The van der Waals surface area contributed by atoms with Crippen LogP contribution < -0.4 is 11.1 Å². The van der Waals surface area contributed by atoms with Gasteiger partial charge in [-0.2, -0.15) is 0 Å². The molecule has 0 fully saturated rings. The van der Waals surface area contributed by atoms with Gasteiger partial charge in [-0.3, -0.25) is 9.36 Å². The summed E-state index contributed by atoms with van der Waals surface area (Å²) in [6, 6.07) is 24.5. The van der Waals surface area contributed by atoms with Gasteiger partial charge in [-0.15, -0.1) is 0 Å². The third-order valence-electron chi connectivity index (χ3n) is 4.84. The van der Waals surface area contributed by atoms with E-state index in [2.05, 4.69) is 21.2 Å². The third kappa shape index (κ3) is 3.09. The van der Waals surface area contributed by atoms with E-state index in [1.165, 1.54) is 0 Å². The fourth-order valence-corrected chi connectivity index (χ4v) is 3.72. The van der Waals surface area contributed by atoms with E-state index < -0.39 is 0 Å². The van der Waals surface area contributed by atoms with E-state index in [-0.39, 0.29) is 11.7 Å². The van der Waals surface area contributed by atoms with E-state index in [0.29, 0.717) is 27.9 Å². The van der Waals surface area contributed by atoms with Crippen molar-refractivity contribution in [2.75, 3.05) is 11.1 Å². The molecule has 3 aromatic carbocycles. The first-order valence-electron chi connectivity index (χ1n) is 9.31. The first-order chi connectivity index (χ1) is 14.6. The van der Waals surface area contributed by atoms with Crippen LogP contribution in [0.2, 0.25) is 0 Å². The van der Waals surface area contributed by atoms with Crippen molar-refractivity contribution in [1.29, 1.82) is 0 Å². The van der Waals surface area contributed by atoms with Crippen molar-refractivity contribution >= 4 is 55.5 Å². The summed E-state index contributed by atoms with van der Waals surface area (Å²) in [5, 5.41) is 2.91. The fourth-order valence-electron chi connectivity index (χ4n) is 3.45. The van der Waals surface area contributed by atoms with Crippen LogP contribution in [0.15, 0.2) is 83.3 Å². The van der Waals surface area contributed by atoms with E-state index in [1.54, 1.807) is 4.57 Å². The van der Waals surface area contributed by atoms with Gasteiger partial charge >= 0.3 is 0 Å². The van der Waals surface area contributed by atoms with Crippen LogP contribution in [0, 0.1) is 0 Å². The molecule has 0 unspecified atom stereocenters. The van der Waals surface area contributed by atoms with E-state index in [9.17, 15) is 4.79 Å². The van der Waals surface area contributed by atoms with E-state index in [1.807, 2.05) is 78.9 Å². The molecule has 0 aliphatic carbocycles. The molecule has 2 heterocycles. The normalized spacial score (nSPS) is 11.1. The number of hydrogen-bond acceptors (Lipinski definition) is 4. The number of benzene rings is 3. The summed E-state index contributed by atoms with van der Waals surface area (Å²) in [4.78, 5) is 22.7. The molecule has 0 aliphatic heterocycles. The standard InChI is InChI=1S/C23H16BrN5O/c24-14-10-12-16(13-11-14)29-21(25)19(23(30)26-15-6-2-1-3-7-15)20-22(29)28-18-9-5-4-8-17(18)27-20/h1-13H,25H2,(H,26,30). The van der Waals surface area contributed by atoms with Crippen LogP contribution in [-0.2, 0) is 0 Å². The Hall–Kier alpha value is -3.71. The topological polar surface area (TPSA) is 85.8 Å². The molecular weight excluding hydrogens is 442 g/mol. The zero-order chi connectivity index (χ0) is 20.7. The molecule has 5 aromatic rings. The van der Waals surface area contributed by atoms with Gasteiger partial charge in [0.05, 0.1) is 11.0 Å². The monoisotopic (exact) mass is 457 g/mol. The lowest BCUT2D eigenvalue weighted by Crippen LogP contribution is -2.14. The molecule has 0 saturated carbocycles. The second kappa shape index (κ2) is 7.27. The highest BCUT2D eigenvalue weighted by atomic mass is 79.9. The van der Waals surface area contributed by atoms with E-state index >= 15 is 0 Å². The van der Waals surface area contributed by atoms with Crippen LogP contribution >= 0.6 is 15.9 Å². The Morgan fingerprint density at radius 3 is 2.20 bits per heavy atom. The molecule has 5 rings (SSSR count). The zero-order valence-corrected chi connectivity index (χ0v) is 17.3. The number of nitrogens with one attached hydrogen (secondary N) is 1. The van der Waals surface area contributed by atoms with Crippen LogP contribution in [0.5, 0.6) is 0 Å². The number of para-hydroxylation sites is 3. The average molecular weight is 458 g/mol. The summed E-state index contributed by atoms with van der Waals surface area (Å²) >= 11 is 3.45. The lowest BCUT2D eigenvalue weighted by atomic mass is 10.2. The number of nitrogens with two attached hydrogens (primary N) is 1. The Bertz CT molecular complexity index is 1390. The number of anilines is 2. The minimum absolute atomic E-state index is 0.288. The molecule has 2 aromatic heterocycles. The van der Waals surface area contributed by atoms with Crippen molar-refractivity contribution in [2.24, 2.45) is 0 Å². The molecule has 0 aliphatic rings. The summed E-state index contributed by atoms with van der Waals surface area (Å²) < 4.78 is 2.71. The first kappa shape index (κ1) is 18.3. The molecule has 3 N–H and O–H groups in total. The lowest BCUT2D eigenvalue weighted by molar-refractivity contribution is 0.102. The number of nitrogen functional groups attached to an aromatic ring is 1. The van der Waals surface area contributed by atoms with Crippen LogP contribution in [0.3, 0.4) is 0 Å². The zero-order valence-electron chi connectivity index (χ0n) is 15.7. The minimum Gasteiger partial charge on any atom is -0.384 e. The second-order valence-corrected chi connectivity index (χ2v) is 7.69. The number of carbonyl (C=O) groups excluding carboxylic acids is 1. The number of hydrogen-bond donors (Lipinski definition) is 2. The number of nitrogens with zero attached hydrogens (tertiary/aromatic N) is 3. The van der Waals surface area contributed by atoms with Gasteiger partial charge in [0.25, 0.3) is 5.91 Å². The number of aromatic nitrogens is 3. The maximum absolute atomic E-state index is 13.2. The van der Waals surface area contributed by atoms with Gasteiger partial charge in [0.1, 0.15) is 16.9 Å². The van der Waals surface area contributed by atoms with E-state index in [0.717, 1.165) is 15.7 Å². The molecule has 0 atom stereocenters. The highest BCUT2D eigenvalue weighted by Crippen LogP contribution is 2.32. The first-order valence-corrected chi connectivity index (χ1v) is 10.1. The SMILES string of the molecule is Nc1c(C(=O)Nc2ccccc2)c2nc3ccccc3nc2n1-c1ccc(Br)cc1. The van der Waals surface area contributed by atoms with Crippen molar-refractivity contribution in [1.82, 2.24) is 14.5 Å². The number of rotatable bonds is 3. The summed E-state index contributed by atoms with van der Waals surface area (Å²) in [5.74, 6) is -0.0415. The number of halogens is 1. The largest absolute Gasteiger partial charge is 0.384 e. The van der Waals surface area contributed by atoms with Gasteiger partial charge in [-0.25, -0.2) is 9.97 Å². The Kier molecular flexibility index (Phi) is 4.44. The lowest BCUT2D eigenvalue weighted by Gasteiger charge is -2.08. The van der Waals surface area contributed by atoms with Crippen LogP contribution in [0.1, 0.15) is 10.4 Å². The molecule has 0 bridgehead atoms. The van der Waals surface area contributed by atoms with Gasteiger partial charge in [0.15, 0.2) is 5.65 Å². The van der Waals surface area contributed by atoms with Crippen molar-refractivity contribution in [3.63, 3.8) is 0 Å². The quantitative estimate of drug-likeness (QED) is 0.391. The summed E-state index contributed by atoms with van der Waals surface area (Å²) in [5.41, 5.74) is 10.7. The molecule has 0 spiro atoms. The molecule has 6 nitrogen and oxygen atoms in total. The fraction of sp³-hybridized carbons (Fsp3) is 0. The van der Waals surface area contributed by atoms with Gasteiger partial charge in [0, 0.05) is 15.8 Å². The molecule has 0 saturated heterocycles. The molecule has 30 heavy (non-hydrogen) atoms. The Morgan fingerprint density at radius 2 is 1.50 bits per heavy atom. The number of carbonyl (C=O) groups is 1. The number of amides is 1. The van der Waals surface area contributed by atoms with Crippen LogP contribution in [0.4, 0.5) is 11.5 Å². The Labute approximate surface area is 180 Å². The number of fused-ring (bicyclic) bond motifs is 2. The summed E-state index contributed by atoms with van der Waals surface area (Å²) in [6.07, 6.45) is 0. The summed E-state index contributed by atoms with van der Waals surface area (Å²) in [6.45, 7) is 0. The van der Waals surface area contributed by atoms with Crippen molar-refractivity contribution in [3.05, 3.63) is 88.9 Å². The highest BCUT2D eigenvalue weighted by Gasteiger charge is 2.25. The molecule has 1 amide bonds. The van der Waals surface area contributed by atoms with Gasteiger partial charge in [-0.1, -0.05) is 46.3 Å². The van der Waals surface area contributed by atoms with Crippen molar-refractivity contribution in [2.45, 2.75) is 0 Å². The smallest absolute Gasteiger partial charge is 0.261 e. The van der Waals surface area contributed by atoms with E-state index in [4.69, 9.17) is 15.7 Å².